The van der Waals surface area contributed by atoms with Crippen LogP contribution in [0.15, 0.2) is 174 Å². The molecule has 2 aromatic heterocycles. The van der Waals surface area contributed by atoms with Crippen molar-refractivity contribution in [1.82, 2.24) is 19.9 Å². The normalized spacial score (nSPS) is 13.2. The monoisotopic (exact) mass is 680 g/mol. The van der Waals surface area contributed by atoms with Crippen LogP contribution in [0.5, 0.6) is 11.5 Å². The van der Waals surface area contributed by atoms with Crippen molar-refractivity contribution < 1.29 is 9.15 Å². The lowest BCUT2D eigenvalue weighted by Gasteiger charge is -2.40. The van der Waals surface area contributed by atoms with Crippen LogP contribution in [0.3, 0.4) is 0 Å². The molecule has 1 aliphatic carbocycles. The predicted molar refractivity (Wildman–Crippen MR) is 207 cm³/mol. The molecule has 0 radical (unpaired) electrons. The summed E-state index contributed by atoms with van der Waals surface area (Å²) >= 11 is 0. The first-order valence-corrected chi connectivity index (χ1v) is 17.6. The minimum absolute atomic E-state index is 0.581. The Morgan fingerprint density at radius 1 is 0.396 bits per heavy atom. The van der Waals surface area contributed by atoms with Gasteiger partial charge in [-0.25, -0.2) is 19.9 Å². The van der Waals surface area contributed by atoms with E-state index in [2.05, 4.69) is 72.8 Å². The third-order valence-corrected chi connectivity index (χ3v) is 10.4. The Labute approximate surface area is 305 Å². The molecule has 0 unspecified atom stereocenters. The van der Waals surface area contributed by atoms with Crippen LogP contribution in [-0.4, -0.2) is 19.9 Å². The van der Waals surface area contributed by atoms with Crippen LogP contribution in [0, 0.1) is 0 Å². The molecule has 248 valence electrons. The van der Waals surface area contributed by atoms with Crippen molar-refractivity contribution in [3.05, 3.63) is 192 Å². The second-order valence-electron chi connectivity index (χ2n) is 13.4. The van der Waals surface area contributed by atoms with E-state index >= 15 is 0 Å². The molecule has 6 nitrogen and oxygen atoms in total. The molecule has 0 saturated carbocycles. The number of hydrogen-bond donors (Lipinski definition) is 0. The van der Waals surface area contributed by atoms with E-state index in [4.69, 9.17) is 29.1 Å². The molecule has 6 heteroatoms. The van der Waals surface area contributed by atoms with Crippen LogP contribution in [0.4, 0.5) is 0 Å². The first-order valence-electron chi connectivity index (χ1n) is 17.6. The van der Waals surface area contributed by atoms with Gasteiger partial charge in [-0.1, -0.05) is 133 Å². The quantitative estimate of drug-likeness (QED) is 0.184. The Hall–Kier alpha value is -7.18. The van der Waals surface area contributed by atoms with Gasteiger partial charge < -0.3 is 9.15 Å². The number of nitrogens with zero attached hydrogens (tertiary/aromatic N) is 4. The summed E-state index contributed by atoms with van der Waals surface area (Å²) < 4.78 is 13.0. The number of hydrogen-bond acceptors (Lipinski definition) is 6. The van der Waals surface area contributed by atoms with Gasteiger partial charge in [0, 0.05) is 33.4 Å². The molecule has 2 aliphatic rings. The maximum atomic E-state index is 6.65. The van der Waals surface area contributed by atoms with E-state index < -0.39 is 5.41 Å². The fourth-order valence-electron chi connectivity index (χ4n) is 8.21. The zero-order valence-corrected chi connectivity index (χ0v) is 28.3. The average molecular weight is 681 g/mol. The fourth-order valence-corrected chi connectivity index (χ4v) is 8.21. The van der Waals surface area contributed by atoms with Crippen LogP contribution in [-0.2, 0) is 5.41 Å². The van der Waals surface area contributed by atoms with E-state index in [0.717, 1.165) is 78.2 Å². The molecule has 0 atom stereocenters. The van der Waals surface area contributed by atoms with Crippen LogP contribution in [0.2, 0.25) is 0 Å². The minimum atomic E-state index is -0.751. The smallest absolute Gasteiger partial charge is 0.227 e. The highest BCUT2D eigenvalue weighted by Crippen LogP contribution is 2.64. The number of para-hydroxylation sites is 4. The van der Waals surface area contributed by atoms with Crippen molar-refractivity contribution in [2.24, 2.45) is 0 Å². The topological polar surface area (TPSA) is 73.9 Å². The molecule has 11 rings (SSSR count). The van der Waals surface area contributed by atoms with Gasteiger partial charge in [0.1, 0.15) is 17.0 Å². The lowest BCUT2D eigenvalue weighted by atomic mass is 9.65. The summed E-state index contributed by atoms with van der Waals surface area (Å²) in [5.41, 5.74) is 11.0. The standard InChI is InChI=1S/C47H28N4O2/c1-3-14-29(15-4-1)43-49-44(30-16-5-2-6-17-30)51-45(50-43)33-19-13-18-32-34-28-31(46-48-38-22-9-12-25-41(38)53-46)26-27-35(34)47(42(32)33)36-20-7-10-23-39(36)52-40-24-11-8-21-37(40)47/h1-28H. The van der Waals surface area contributed by atoms with E-state index in [1.807, 2.05) is 97.1 Å². The van der Waals surface area contributed by atoms with Crippen LogP contribution in [0.25, 0.3) is 67.8 Å². The Balaban J connectivity index is 1.24. The highest BCUT2D eigenvalue weighted by atomic mass is 16.5. The Morgan fingerprint density at radius 2 is 0.981 bits per heavy atom. The van der Waals surface area contributed by atoms with Gasteiger partial charge in [0.2, 0.25) is 5.89 Å². The highest BCUT2D eigenvalue weighted by Gasteiger charge is 2.52. The third kappa shape index (κ3) is 4.39. The predicted octanol–water partition coefficient (Wildman–Crippen LogP) is 11.1. The van der Waals surface area contributed by atoms with Gasteiger partial charge in [-0.15, -0.1) is 0 Å². The minimum Gasteiger partial charge on any atom is -0.457 e. The molecule has 3 heterocycles. The summed E-state index contributed by atoms with van der Waals surface area (Å²) in [4.78, 5) is 20.4. The van der Waals surface area contributed by atoms with Gasteiger partial charge in [0.05, 0.1) is 5.41 Å². The van der Waals surface area contributed by atoms with Crippen LogP contribution >= 0.6 is 0 Å². The average Bonchev–Trinajstić information content (AvgIpc) is 3.79. The number of benzene rings is 7. The largest absolute Gasteiger partial charge is 0.457 e. The van der Waals surface area contributed by atoms with Gasteiger partial charge in [-0.2, -0.15) is 0 Å². The van der Waals surface area contributed by atoms with Crippen molar-refractivity contribution in [3.8, 4) is 68.2 Å². The molecule has 0 N–H and O–H groups in total. The van der Waals surface area contributed by atoms with Crippen molar-refractivity contribution in [2.45, 2.75) is 5.41 Å². The molecule has 0 saturated heterocycles. The Morgan fingerprint density at radius 3 is 1.66 bits per heavy atom. The molecular weight excluding hydrogens is 653 g/mol. The summed E-state index contributed by atoms with van der Waals surface area (Å²) in [5.74, 6) is 4.03. The van der Waals surface area contributed by atoms with E-state index in [0.29, 0.717) is 23.4 Å². The molecule has 9 aromatic rings. The van der Waals surface area contributed by atoms with E-state index in [1.165, 1.54) is 0 Å². The van der Waals surface area contributed by atoms with Crippen molar-refractivity contribution in [1.29, 1.82) is 0 Å². The SMILES string of the molecule is c1ccc(-c2nc(-c3ccccc3)nc(-c3cccc4c3C3(c5ccccc5Oc5ccccc53)c3ccc(-c5nc6ccccc6o5)cc3-4)n2)cc1. The lowest BCUT2D eigenvalue weighted by molar-refractivity contribution is 0.436. The van der Waals surface area contributed by atoms with E-state index in [1.54, 1.807) is 0 Å². The number of oxazole rings is 1. The highest BCUT2D eigenvalue weighted by molar-refractivity contribution is 5.95. The summed E-state index contributed by atoms with van der Waals surface area (Å²) in [6, 6.07) is 57.9. The maximum absolute atomic E-state index is 6.65. The third-order valence-electron chi connectivity index (χ3n) is 10.4. The second-order valence-corrected chi connectivity index (χ2v) is 13.4. The molecule has 7 aromatic carbocycles. The van der Waals surface area contributed by atoms with Crippen LogP contribution in [0.1, 0.15) is 22.3 Å². The maximum Gasteiger partial charge on any atom is 0.227 e. The van der Waals surface area contributed by atoms with Gasteiger partial charge in [-0.3, -0.25) is 0 Å². The second kappa shape index (κ2) is 11.4. The Kier molecular flexibility index (Phi) is 6.36. The molecule has 0 bridgehead atoms. The number of aromatic nitrogens is 4. The fraction of sp³-hybridized carbons (Fsp3) is 0.0213. The molecule has 0 fully saturated rings. The molecular formula is C47H28N4O2. The van der Waals surface area contributed by atoms with Crippen LogP contribution < -0.4 is 4.74 Å². The summed E-state index contributed by atoms with van der Waals surface area (Å²) in [6.07, 6.45) is 0. The zero-order valence-electron chi connectivity index (χ0n) is 28.3. The van der Waals surface area contributed by atoms with E-state index in [9.17, 15) is 0 Å². The number of fused-ring (bicyclic) bond motifs is 10. The number of rotatable bonds is 4. The first-order chi connectivity index (χ1) is 26.3. The van der Waals surface area contributed by atoms with Gasteiger partial charge in [0.15, 0.2) is 23.1 Å². The Bertz CT molecular complexity index is 2750. The molecule has 53 heavy (non-hydrogen) atoms. The van der Waals surface area contributed by atoms with Gasteiger partial charge in [-0.05, 0) is 58.7 Å². The summed E-state index contributed by atoms with van der Waals surface area (Å²) in [5, 5.41) is 0. The van der Waals surface area contributed by atoms with Crippen molar-refractivity contribution in [3.63, 3.8) is 0 Å². The lowest BCUT2D eigenvalue weighted by Crippen LogP contribution is -2.32. The molecule has 0 amide bonds. The first kappa shape index (κ1) is 29.5. The summed E-state index contributed by atoms with van der Waals surface area (Å²) in [6.45, 7) is 0. The number of ether oxygens (including phenoxy) is 1. The zero-order chi connectivity index (χ0) is 34.9. The van der Waals surface area contributed by atoms with Gasteiger partial charge in [0.25, 0.3) is 0 Å². The van der Waals surface area contributed by atoms with Gasteiger partial charge >= 0.3 is 0 Å². The molecule has 1 spiro atoms. The molecule has 1 aliphatic heterocycles. The van der Waals surface area contributed by atoms with E-state index in [-0.39, 0.29) is 0 Å². The summed E-state index contributed by atoms with van der Waals surface area (Å²) in [7, 11) is 0. The van der Waals surface area contributed by atoms with Crippen molar-refractivity contribution in [2.75, 3.05) is 0 Å². The van der Waals surface area contributed by atoms with Crippen molar-refractivity contribution >= 4 is 11.1 Å².